The van der Waals surface area contributed by atoms with Crippen molar-refractivity contribution in [1.29, 1.82) is 0 Å². The van der Waals surface area contributed by atoms with Gasteiger partial charge in [0.2, 0.25) is 0 Å². The normalized spacial score (nSPS) is 14.0. The van der Waals surface area contributed by atoms with Crippen LogP contribution in [-0.4, -0.2) is 17.4 Å². The fourth-order valence-corrected chi connectivity index (χ4v) is 2.93. The minimum absolute atomic E-state index is 0.0377. The number of nitrogens with zero attached hydrogens (tertiary/aromatic N) is 1. The van der Waals surface area contributed by atoms with Crippen molar-refractivity contribution in [2.24, 2.45) is 0 Å². The Morgan fingerprint density at radius 3 is 2.90 bits per heavy atom. The Bertz CT molecular complexity index is 677. The van der Waals surface area contributed by atoms with Crippen molar-refractivity contribution in [3.05, 3.63) is 58.4 Å². The molecule has 3 rings (SSSR count). The molecule has 108 valence electrons. The van der Waals surface area contributed by atoms with Crippen LogP contribution in [0, 0.1) is 13.8 Å². The van der Waals surface area contributed by atoms with Crippen molar-refractivity contribution in [3.8, 4) is 5.75 Å². The largest absolute Gasteiger partial charge is 0.493 e. The summed E-state index contributed by atoms with van der Waals surface area (Å²) in [6.45, 7) is 4.81. The number of rotatable bonds is 2. The summed E-state index contributed by atoms with van der Waals surface area (Å²) in [7, 11) is 0. The highest BCUT2D eigenvalue weighted by molar-refractivity contribution is 6.10. The van der Waals surface area contributed by atoms with E-state index in [-0.39, 0.29) is 5.78 Å². The Morgan fingerprint density at radius 2 is 2.14 bits per heavy atom. The molecule has 1 aliphatic rings. The molecule has 2 heterocycles. The fraction of sp³-hybridized carbons (Fsp3) is 0.333. The SMILES string of the molecule is Cc1cc(C(=O)c2cccnc2)c(C)c2c1OCCCC2. The van der Waals surface area contributed by atoms with Crippen LogP contribution in [0.1, 0.15) is 45.5 Å². The fourth-order valence-electron chi connectivity index (χ4n) is 2.93. The first-order valence-corrected chi connectivity index (χ1v) is 7.39. The van der Waals surface area contributed by atoms with Gasteiger partial charge in [-0.05, 0) is 68.0 Å². The Morgan fingerprint density at radius 1 is 1.29 bits per heavy atom. The second-order valence-electron chi connectivity index (χ2n) is 5.55. The standard InChI is InChI=1S/C18H19NO2/c1-12-10-16(17(20)14-6-5-8-19-11-14)13(2)15-7-3-4-9-21-18(12)15/h5-6,8,10-11H,3-4,7,9H2,1-2H3. The lowest BCUT2D eigenvalue weighted by atomic mass is 9.91. The predicted molar refractivity (Wildman–Crippen MR) is 82.0 cm³/mol. The maximum Gasteiger partial charge on any atom is 0.194 e. The van der Waals surface area contributed by atoms with Gasteiger partial charge in [0.1, 0.15) is 5.75 Å². The first-order chi connectivity index (χ1) is 10.2. The topological polar surface area (TPSA) is 39.2 Å². The number of carbonyl (C=O) groups is 1. The van der Waals surface area contributed by atoms with E-state index < -0.39 is 0 Å². The third-order valence-corrected chi connectivity index (χ3v) is 4.09. The summed E-state index contributed by atoms with van der Waals surface area (Å²) in [5.41, 5.74) is 4.69. The molecule has 0 saturated carbocycles. The number of hydrogen-bond acceptors (Lipinski definition) is 3. The number of aryl methyl sites for hydroxylation is 1. The van der Waals surface area contributed by atoms with Gasteiger partial charge in [-0.3, -0.25) is 9.78 Å². The minimum atomic E-state index is 0.0377. The van der Waals surface area contributed by atoms with Gasteiger partial charge in [0.25, 0.3) is 0 Å². The average Bonchev–Trinajstić information content (AvgIpc) is 2.77. The van der Waals surface area contributed by atoms with E-state index in [1.807, 2.05) is 26.0 Å². The van der Waals surface area contributed by atoms with Crippen LogP contribution in [0.3, 0.4) is 0 Å². The predicted octanol–water partition coefficient (Wildman–Crippen LogP) is 3.64. The van der Waals surface area contributed by atoms with Crippen LogP contribution in [0.2, 0.25) is 0 Å². The number of carbonyl (C=O) groups excluding carboxylic acids is 1. The van der Waals surface area contributed by atoms with Crippen molar-refractivity contribution >= 4 is 5.78 Å². The molecule has 0 saturated heterocycles. The van der Waals surface area contributed by atoms with Gasteiger partial charge >= 0.3 is 0 Å². The highest BCUT2D eigenvalue weighted by Gasteiger charge is 2.21. The van der Waals surface area contributed by atoms with Gasteiger partial charge in [-0.15, -0.1) is 0 Å². The van der Waals surface area contributed by atoms with Crippen molar-refractivity contribution < 1.29 is 9.53 Å². The number of pyridine rings is 1. The second-order valence-corrected chi connectivity index (χ2v) is 5.55. The third-order valence-electron chi connectivity index (χ3n) is 4.09. The Labute approximate surface area is 125 Å². The molecule has 0 bridgehead atoms. The average molecular weight is 281 g/mol. The molecule has 21 heavy (non-hydrogen) atoms. The summed E-state index contributed by atoms with van der Waals surface area (Å²) in [5, 5.41) is 0. The first kappa shape index (κ1) is 13.8. The van der Waals surface area contributed by atoms with E-state index in [0.29, 0.717) is 5.56 Å². The van der Waals surface area contributed by atoms with Gasteiger partial charge in [0.15, 0.2) is 5.78 Å². The Balaban J connectivity index is 2.10. The Hall–Kier alpha value is -2.16. The van der Waals surface area contributed by atoms with Gasteiger partial charge in [-0.2, -0.15) is 0 Å². The summed E-state index contributed by atoms with van der Waals surface area (Å²) >= 11 is 0. The van der Waals surface area contributed by atoms with Crippen molar-refractivity contribution in [2.45, 2.75) is 33.1 Å². The smallest absolute Gasteiger partial charge is 0.194 e. The number of fused-ring (bicyclic) bond motifs is 1. The van der Waals surface area contributed by atoms with Crippen molar-refractivity contribution in [2.75, 3.05) is 6.61 Å². The van der Waals surface area contributed by atoms with E-state index in [1.54, 1.807) is 18.5 Å². The molecular formula is C18H19NO2. The monoisotopic (exact) mass is 281 g/mol. The van der Waals surface area contributed by atoms with Crippen LogP contribution in [0.5, 0.6) is 5.75 Å². The van der Waals surface area contributed by atoms with Gasteiger partial charge < -0.3 is 4.74 Å². The molecule has 1 aromatic carbocycles. The highest BCUT2D eigenvalue weighted by atomic mass is 16.5. The summed E-state index contributed by atoms with van der Waals surface area (Å²) in [6.07, 6.45) is 6.46. The lowest BCUT2D eigenvalue weighted by Gasteiger charge is -2.16. The Kier molecular flexibility index (Phi) is 3.74. The molecule has 0 spiro atoms. The molecule has 0 N–H and O–H groups in total. The maximum atomic E-state index is 12.7. The lowest BCUT2D eigenvalue weighted by Crippen LogP contribution is -2.08. The summed E-state index contributed by atoms with van der Waals surface area (Å²) in [5.74, 6) is 1.02. The van der Waals surface area contributed by atoms with Crippen LogP contribution >= 0.6 is 0 Å². The van der Waals surface area contributed by atoms with Crippen molar-refractivity contribution in [3.63, 3.8) is 0 Å². The zero-order valence-electron chi connectivity index (χ0n) is 12.5. The number of aromatic nitrogens is 1. The van der Waals surface area contributed by atoms with E-state index in [4.69, 9.17) is 4.74 Å². The van der Waals surface area contributed by atoms with E-state index in [9.17, 15) is 4.79 Å². The molecule has 2 aromatic rings. The molecule has 0 fully saturated rings. The van der Waals surface area contributed by atoms with Gasteiger partial charge in [-0.1, -0.05) is 0 Å². The molecule has 3 nitrogen and oxygen atoms in total. The third kappa shape index (κ3) is 2.56. The summed E-state index contributed by atoms with van der Waals surface area (Å²) in [4.78, 5) is 16.8. The molecular weight excluding hydrogens is 262 g/mol. The summed E-state index contributed by atoms with van der Waals surface area (Å²) < 4.78 is 5.88. The van der Waals surface area contributed by atoms with Crippen LogP contribution in [-0.2, 0) is 6.42 Å². The molecule has 1 aliphatic heterocycles. The zero-order valence-corrected chi connectivity index (χ0v) is 12.5. The van der Waals surface area contributed by atoms with Crippen LogP contribution in [0.25, 0.3) is 0 Å². The van der Waals surface area contributed by atoms with Gasteiger partial charge in [0, 0.05) is 23.5 Å². The molecule has 3 heteroatoms. The quantitative estimate of drug-likeness (QED) is 0.789. The van der Waals surface area contributed by atoms with Crippen LogP contribution < -0.4 is 4.74 Å². The zero-order chi connectivity index (χ0) is 14.8. The lowest BCUT2D eigenvalue weighted by molar-refractivity contribution is 0.103. The van der Waals surface area contributed by atoms with E-state index in [2.05, 4.69) is 4.98 Å². The van der Waals surface area contributed by atoms with Gasteiger partial charge in [0.05, 0.1) is 6.61 Å². The number of ether oxygens (including phenoxy) is 1. The molecule has 0 atom stereocenters. The van der Waals surface area contributed by atoms with E-state index in [1.165, 1.54) is 5.56 Å². The van der Waals surface area contributed by atoms with E-state index >= 15 is 0 Å². The van der Waals surface area contributed by atoms with Crippen LogP contribution in [0.4, 0.5) is 0 Å². The summed E-state index contributed by atoms with van der Waals surface area (Å²) in [6, 6.07) is 5.56. The first-order valence-electron chi connectivity index (χ1n) is 7.39. The molecule has 0 radical (unpaired) electrons. The highest BCUT2D eigenvalue weighted by Crippen LogP contribution is 2.33. The van der Waals surface area contributed by atoms with E-state index in [0.717, 1.165) is 48.3 Å². The molecule has 0 unspecified atom stereocenters. The molecule has 1 aromatic heterocycles. The maximum absolute atomic E-state index is 12.7. The van der Waals surface area contributed by atoms with Gasteiger partial charge in [-0.25, -0.2) is 0 Å². The number of benzene rings is 1. The second kappa shape index (κ2) is 5.68. The number of hydrogen-bond donors (Lipinski definition) is 0. The molecule has 0 aliphatic carbocycles. The minimum Gasteiger partial charge on any atom is -0.493 e. The molecule has 0 amide bonds. The van der Waals surface area contributed by atoms with Crippen LogP contribution in [0.15, 0.2) is 30.6 Å². The number of ketones is 1. The van der Waals surface area contributed by atoms with Crippen molar-refractivity contribution in [1.82, 2.24) is 4.98 Å².